The quantitative estimate of drug-likeness (QED) is 0.758. The molecular formula is C10H15N3O2. The molecule has 0 saturated heterocycles. The van der Waals surface area contributed by atoms with Gasteiger partial charge in [-0.3, -0.25) is 4.79 Å². The zero-order valence-electron chi connectivity index (χ0n) is 8.76. The molecule has 1 amide bonds. The fourth-order valence-corrected chi connectivity index (χ4v) is 1.31. The number of aromatic nitrogens is 2. The Morgan fingerprint density at radius 2 is 2.27 bits per heavy atom. The van der Waals surface area contributed by atoms with E-state index in [0.717, 1.165) is 6.42 Å². The summed E-state index contributed by atoms with van der Waals surface area (Å²) in [4.78, 5) is 13.5. The molecule has 82 valence electrons. The Kier molecular flexibility index (Phi) is 4.70. The third-order valence-electron chi connectivity index (χ3n) is 1.98. The van der Waals surface area contributed by atoms with Crippen LogP contribution in [0.1, 0.15) is 23.7 Å². The Morgan fingerprint density at radius 3 is 2.80 bits per heavy atom. The van der Waals surface area contributed by atoms with Crippen molar-refractivity contribution in [1.29, 1.82) is 0 Å². The highest BCUT2D eigenvalue weighted by atomic mass is 16.3. The SMILES string of the molecule is CCCN(CCO)C(=O)c1ccnnc1. The van der Waals surface area contributed by atoms with Crippen LogP contribution in [0.2, 0.25) is 0 Å². The average Bonchev–Trinajstić information content (AvgIpc) is 2.29. The van der Waals surface area contributed by atoms with Gasteiger partial charge < -0.3 is 10.0 Å². The monoisotopic (exact) mass is 209 g/mol. The maximum Gasteiger partial charge on any atom is 0.255 e. The van der Waals surface area contributed by atoms with E-state index in [1.54, 1.807) is 11.0 Å². The van der Waals surface area contributed by atoms with E-state index in [1.807, 2.05) is 6.92 Å². The van der Waals surface area contributed by atoms with Crippen molar-refractivity contribution in [2.24, 2.45) is 0 Å². The van der Waals surface area contributed by atoms with E-state index in [0.29, 0.717) is 18.7 Å². The average molecular weight is 209 g/mol. The van der Waals surface area contributed by atoms with Crippen LogP contribution >= 0.6 is 0 Å². The van der Waals surface area contributed by atoms with Gasteiger partial charge in [-0.1, -0.05) is 6.92 Å². The Bertz CT molecular complexity index is 297. The molecule has 0 radical (unpaired) electrons. The van der Waals surface area contributed by atoms with Crippen LogP contribution in [0.15, 0.2) is 18.5 Å². The Hall–Kier alpha value is -1.49. The van der Waals surface area contributed by atoms with E-state index in [9.17, 15) is 4.79 Å². The standard InChI is InChI=1S/C10H15N3O2/c1-2-5-13(6-7-14)10(15)9-3-4-11-12-8-9/h3-4,8,14H,2,5-7H2,1H3. The van der Waals surface area contributed by atoms with E-state index in [2.05, 4.69) is 10.2 Å². The lowest BCUT2D eigenvalue weighted by Crippen LogP contribution is -2.34. The molecule has 0 bridgehead atoms. The maximum atomic E-state index is 11.9. The number of rotatable bonds is 5. The number of aliphatic hydroxyl groups excluding tert-OH is 1. The van der Waals surface area contributed by atoms with Crippen molar-refractivity contribution in [3.05, 3.63) is 24.0 Å². The summed E-state index contributed by atoms with van der Waals surface area (Å²) in [5.41, 5.74) is 0.506. The van der Waals surface area contributed by atoms with Crippen molar-refractivity contribution in [3.63, 3.8) is 0 Å². The largest absolute Gasteiger partial charge is 0.395 e. The van der Waals surface area contributed by atoms with Crippen molar-refractivity contribution in [2.45, 2.75) is 13.3 Å². The van der Waals surface area contributed by atoms with Gasteiger partial charge in [0, 0.05) is 13.1 Å². The molecular weight excluding hydrogens is 194 g/mol. The van der Waals surface area contributed by atoms with Gasteiger partial charge in [-0.15, -0.1) is 0 Å². The van der Waals surface area contributed by atoms with Crippen LogP contribution in [-0.4, -0.2) is 45.8 Å². The second-order valence-electron chi connectivity index (χ2n) is 3.15. The van der Waals surface area contributed by atoms with Crippen LogP contribution in [0.4, 0.5) is 0 Å². The predicted octanol–water partition coefficient (Wildman–Crippen LogP) is 0.321. The molecule has 1 aromatic rings. The van der Waals surface area contributed by atoms with Crippen LogP contribution in [0.5, 0.6) is 0 Å². The first-order valence-electron chi connectivity index (χ1n) is 4.96. The van der Waals surface area contributed by atoms with E-state index >= 15 is 0 Å². The number of aliphatic hydroxyl groups is 1. The lowest BCUT2D eigenvalue weighted by molar-refractivity contribution is 0.0721. The zero-order chi connectivity index (χ0) is 11.1. The lowest BCUT2D eigenvalue weighted by Gasteiger charge is -2.20. The van der Waals surface area contributed by atoms with Gasteiger partial charge in [0.2, 0.25) is 0 Å². The Balaban J connectivity index is 2.71. The van der Waals surface area contributed by atoms with Gasteiger partial charge in [0.15, 0.2) is 0 Å². The number of hydrogen-bond donors (Lipinski definition) is 1. The molecule has 0 unspecified atom stereocenters. The minimum Gasteiger partial charge on any atom is -0.395 e. The van der Waals surface area contributed by atoms with Crippen LogP contribution in [0, 0.1) is 0 Å². The highest BCUT2D eigenvalue weighted by Crippen LogP contribution is 2.02. The molecule has 1 aromatic heterocycles. The number of nitrogens with zero attached hydrogens (tertiary/aromatic N) is 3. The topological polar surface area (TPSA) is 66.3 Å². The van der Waals surface area contributed by atoms with E-state index in [4.69, 9.17) is 5.11 Å². The summed E-state index contributed by atoms with van der Waals surface area (Å²) in [7, 11) is 0. The summed E-state index contributed by atoms with van der Waals surface area (Å²) in [5.74, 6) is -0.110. The van der Waals surface area contributed by atoms with E-state index in [-0.39, 0.29) is 12.5 Å². The van der Waals surface area contributed by atoms with Crippen molar-refractivity contribution in [3.8, 4) is 0 Å². The second kappa shape index (κ2) is 6.08. The molecule has 15 heavy (non-hydrogen) atoms. The molecule has 0 spiro atoms. The molecule has 0 aromatic carbocycles. The molecule has 0 fully saturated rings. The molecule has 0 atom stereocenters. The Labute approximate surface area is 88.7 Å². The summed E-state index contributed by atoms with van der Waals surface area (Å²) < 4.78 is 0. The molecule has 0 saturated carbocycles. The molecule has 0 aliphatic carbocycles. The number of amides is 1. The van der Waals surface area contributed by atoms with Crippen molar-refractivity contribution in [2.75, 3.05) is 19.7 Å². The highest BCUT2D eigenvalue weighted by molar-refractivity contribution is 5.93. The highest BCUT2D eigenvalue weighted by Gasteiger charge is 2.14. The first kappa shape index (κ1) is 11.6. The minimum atomic E-state index is -0.110. The minimum absolute atomic E-state index is 0.0236. The van der Waals surface area contributed by atoms with Crippen LogP contribution < -0.4 is 0 Å². The van der Waals surface area contributed by atoms with E-state index < -0.39 is 0 Å². The smallest absolute Gasteiger partial charge is 0.255 e. The summed E-state index contributed by atoms with van der Waals surface area (Å²) in [6.45, 7) is 2.96. The fourth-order valence-electron chi connectivity index (χ4n) is 1.31. The van der Waals surface area contributed by atoms with Gasteiger partial charge >= 0.3 is 0 Å². The third kappa shape index (κ3) is 3.28. The lowest BCUT2D eigenvalue weighted by atomic mass is 10.2. The van der Waals surface area contributed by atoms with Gasteiger partial charge in [-0.2, -0.15) is 10.2 Å². The van der Waals surface area contributed by atoms with Crippen LogP contribution in [0.3, 0.4) is 0 Å². The number of hydrogen-bond acceptors (Lipinski definition) is 4. The molecule has 5 heteroatoms. The number of carbonyl (C=O) groups is 1. The number of carbonyl (C=O) groups excluding carboxylic acids is 1. The van der Waals surface area contributed by atoms with Crippen molar-refractivity contribution < 1.29 is 9.90 Å². The first-order valence-corrected chi connectivity index (χ1v) is 4.96. The fraction of sp³-hybridized carbons (Fsp3) is 0.500. The molecule has 5 nitrogen and oxygen atoms in total. The van der Waals surface area contributed by atoms with Crippen LogP contribution in [-0.2, 0) is 0 Å². The normalized spacial score (nSPS) is 10.0. The summed E-state index contributed by atoms with van der Waals surface area (Å²) in [6, 6.07) is 1.62. The summed E-state index contributed by atoms with van der Waals surface area (Å²) in [5, 5.41) is 16.1. The molecule has 1 rings (SSSR count). The summed E-state index contributed by atoms with van der Waals surface area (Å²) in [6.07, 6.45) is 3.78. The molecule has 0 aliphatic rings. The summed E-state index contributed by atoms with van der Waals surface area (Å²) >= 11 is 0. The third-order valence-corrected chi connectivity index (χ3v) is 1.98. The van der Waals surface area contributed by atoms with Gasteiger partial charge in [0.05, 0.1) is 24.6 Å². The van der Waals surface area contributed by atoms with Gasteiger partial charge in [-0.05, 0) is 12.5 Å². The molecule has 0 aliphatic heterocycles. The maximum absolute atomic E-state index is 11.9. The van der Waals surface area contributed by atoms with Crippen LogP contribution in [0.25, 0.3) is 0 Å². The molecule has 1 heterocycles. The van der Waals surface area contributed by atoms with Gasteiger partial charge in [-0.25, -0.2) is 0 Å². The second-order valence-corrected chi connectivity index (χ2v) is 3.15. The predicted molar refractivity (Wildman–Crippen MR) is 55.3 cm³/mol. The van der Waals surface area contributed by atoms with Crippen molar-refractivity contribution in [1.82, 2.24) is 15.1 Å². The first-order chi connectivity index (χ1) is 7.29. The molecule has 1 N–H and O–H groups in total. The van der Waals surface area contributed by atoms with Gasteiger partial charge in [0.25, 0.3) is 5.91 Å². The van der Waals surface area contributed by atoms with Crippen molar-refractivity contribution >= 4 is 5.91 Å². The Morgan fingerprint density at radius 1 is 1.47 bits per heavy atom. The zero-order valence-corrected chi connectivity index (χ0v) is 8.76. The van der Waals surface area contributed by atoms with E-state index in [1.165, 1.54) is 12.4 Å². The van der Waals surface area contributed by atoms with Gasteiger partial charge in [0.1, 0.15) is 0 Å².